The molecule has 0 unspecified atom stereocenters. The Balaban J connectivity index is 2.44. The molecule has 1 aromatic rings. The van der Waals surface area contributed by atoms with Crippen LogP contribution in [0.4, 0.5) is 0 Å². The summed E-state index contributed by atoms with van der Waals surface area (Å²) < 4.78 is 5.42. The highest BCUT2D eigenvalue weighted by Crippen LogP contribution is 2.49. The van der Waals surface area contributed by atoms with Crippen molar-refractivity contribution >= 4 is 6.29 Å². The van der Waals surface area contributed by atoms with Crippen molar-refractivity contribution in [3.63, 3.8) is 0 Å². The summed E-state index contributed by atoms with van der Waals surface area (Å²) in [4.78, 5) is 10.8. The lowest BCUT2D eigenvalue weighted by atomic mass is 10.0. The molecule has 0 heterocycles. The Morgan fingerprint density at radius 2 is 2.08 bits per heavy atom. The molecule has 0 radical (unpaired) electrons. The summed E-state index contributed by atoms with van der Waals surface area (Å²) in [5.74, 6) is 0. The van der Waals surface area contributed by atoms with Crippen LogP contribution in [-0.2, 0) is 10.3 Å². The molecule has 0 atom stereocenters. The summed E-state index contributed by atoms with van der Waals surface area (Å²) in [5.41, 5.74) is 1.63. The minimum absolute atomic E-state index is 0.155. The third kappa shape index (κ3) is 1.27. The van der Waals surface area contributed by atoms with Crippen molar-refractivity contribution in [1.29, 1.82) is 0 Å². The van der Waals surface area contributed by atoms with Crippen LogP contribution in [0.1, 0.15) is 28.8 Å². The quantitative estimate of drug-likeness (QED) is 0.659. The number of benzene rings is 1. The van der Waals surface area contributed by atoms with E-state index in [9.17, 15) is 4.79 Å². The Labute approximate surface area is 77.5 Å². The smallest absolute Gasteiger partial charge is 0.150 e. The van der Waals surface area contributed by atoms with Crippen LogP contribution in [0, 0.1) is 0 Å². The van der Waals surface area contributed by atoms with E-state index >= 15 is 0 Å². The highest BCUT2D eigenvalue weighted by Gasteiger charge is 2.45. The van der Waals surface area contributed by atoms with Crippen LogP contribution in [0.3, 0.4) is 0 Å². The van der Waals surface area contributed by atoms with Crippen molar-refractivity contribution in [3.8, 4) is 0 Å². The fourth-order valence-electron chi connectivity index (χ4n) is 1.71. The number of rotatable bonds is 3. The predicted molar refractivity (Wildman–Crippen MR) is 49.8 cm³/mol. The van der Waals surface area contributed by atoms with Crippen LogP contribution in [0.25, 0.3) is 0 Å². The van der Waals surface area contributed by atoms with Gasteiger partial charge in [0.1, 0.15) is 6.29 Å². The van der Waals surface area contributed by atoms with Gasteiger partial charge in [0.15, 0.2) is 0 Å². The molecule has 0 aliphatic heterocycles. The zero-order valence-corrected chi connectivity index (χ0v) is 7.62. The van der Waals surface area contributed by atoms with E-state index in [1.54, 1.807) is 7.11 Å². The minimum atomic E-state index is -0.155. The highest BCUT2D eigenvalue weighted by atomic mass is 16.5. The second-order valence-corrected chi connectivity index (χ2v) is 3.40. The van der Waals surface area contributed by atoms with Crippen LogP contribution >= 0.6 is 0 Å². The summed E-state index contributed by atoms with van der Waals surface area (Å²) >= 11 is 0. The molecule has 68 valence electrons. The van der Waals surface area contributed by atoms with Gasteiger partial charge < -0.3 is 4.74 Å². The molecule has 0 bridgehead atoms. The van der Waals surface area contributed by atoms with E-state index in [1.807, 2.05) is 24.3 Å². The maximum Gasteiger partial charge on any atom is 0.150 e. The third-order valence-corrected chi connectivity index (χ3v) is 2.67. The van der Waals surface area contributed by atoms with Crippen molar-refractivity contribution in [2.24, 2.45) is 0 Å². The van der Waals surface area contributed by atoms with Crippen molar-refractivity contribution in [1.82, 2.24) is 0 Å². The Hall–Kier alpha value is -1.15. The molecule has 1 fully saturated rings. The van der Waals surface area contributed by atoms with Crippen molar-refractivity contribution < 1.29 is 9.53 Å². The second-order valence-electron chi connectivity index (χ2n) is 3.40. The number of carbonyl (C=O) groups excluding carboxylic acids is 1. The molecular formula is C11H12O2. The number of hydrogen-bond acceptors (Lipinski definition) is 2. The lowest BCUT2D eigenvalue weighted by Crippen LogP contribution is -2.11. The number of hydrogen-bond donors (Lipinski definition) is 0. The monoisotopic (exact) mass is 176 g/mol. The summed E-state index contributed by atoms with van der Waals surface area (Å²) in [6, 6.07) is 7.63. The van der Waals surface area contributed by atoms with E-state index in [4.69, 9.17) is 4.74 Å². The normalized spacial score (nSPS) is 18.2. The molecule has 1 aromatic carbocycles. The summed E-state index contributed by atoms with van der Waals surface area (Å²) in [6.45, 7) is 0. The van der Waals surface area contributed by atoms with Gasteiger partial charge >= 0.3 is 0 Å². The Morgan fingerprint density at radius 1 is 1.38 bits per heavy atom. The predicted octanol–water partition coefficient (Wildman–Crippen LogP) is 2.13. The molecule has 0 N–H and O–H groups in total. The van der Waals surface area contributed by atoms with Gasteiger partial charge in [0.2, 0.25) is 0 Å². The fourth-order valence-corrected chi connectivity index (χ4v) is 1.71. The fraction of sp³-hybridized carbons (Fsp3) is 0.364. The van der Waals surface area contributed by atoms with Crippen LogP contribution in [0.5, 0.6) is 0 Å². The van der Waals surface area contributed by atoms with Crippen LogP contribution in [0.2, 0.25) is 0 Å². The molecular weight excluding hydrogens is 164 g/mol. The highest BCUT2D eigenvalue weighted by molar-refractivity contribution is 5.78. The molecule has 2 rings (SSSR count). The first-order chi connectivity index (χ1) is 6.32. The number of methoxy groups -OCH3 is 1. The topological polar surface area (TPSA) is 26.3 Å². The molecule has 0 saturated heterocycles. The molecule has 0 spiro atoms. The molecule has 1 aliphatic carbocycles. The SMILES string of the molecule is COC1(c2ccccc2C=O)CC1. The van der Waals surface area contributed by atoms with Gasteiger partial charge in [-0.3, -0.25) is 4.79 Å². The van der Waals surface area contributed by atoms with Crippen LogP contribution < -0.4 is 0 Å². The van der Waals surface area contributed by atoms with Crippen LogP contribution in [-0.4, -0.2) is 13.4 Å². The molecule has 2 nitrogen and oxygen atoms in total. The lowest BCUT2D eigenvalue weighted by molar-refractivity contribution is 0.0775. The van der Waals surface area contributed by atoms with Gasteiger partial charge in [0, 0.05) is 12.7 Å². The van der Waals surface area contributed by atoms with E-state index in [0.717, 1.165) is 30.3 Å². The van der Waals surface area contributed by atoms with Gasteiger partial charge in [-0.1, -0.05) is 24.3 Å². The number of carbonyl (C=O) groups is 1. The maximum atomic E-state index is 10.8. The summed E-state index contributed by atoms with van der Waals surface area (Å²) in [5, 5.41) is 0. The van der Waals surface area contributed by atoms with E-state index in [1.165, 1.54) is 0 Å². The zero-order chi connectivity index (χ0) is 9.31. The molecule has 0 aromatic heterocycles. The summed E-state index contributed by atoms with van der Waals surface area (Å²) in [6.07, 6.45) is 2.94. The molecule has 1 saturated carbocycles. The molecule has 1 aliphatic rings. The first-order valence-electron chi connectivity index (χ1n) is 4.42. The average Bonchev–Trinajstić information content (AvgIpc) is 2.98. The molecule has 0 amide bonds. The van der Waals surface area contributed by atoms with Gasteiger partial charge in [0.25, 0.3) is 0 Å². The van der Waals surface area contributed by atoms with E-state index in [-0.39, 0.29) is 5.60 Å². The molecule has 13 heavy (non-hydrogen) atoms. The molecule has 2 heteroatoms. The van der Waals surface area contributed by atoms with Gasteiger partial charge in [-0.25, -0.2) is 0 Å². The van der Waals surface area contributed by atoms with Crippen LogP contribution in [0.15, 0.2) is 24.3 Å². The third-order valence-electron chi connectivity index (χ3n) is 2.67. The van der Waals surface area contributed by atoms with Gasteiger partial charge in [-0.15, -0.1) is 0 Å². The van der Waals surface area contributed by atoms with Gasteiger partial charge in [-0.2, -0.15) is 0 Å². The van der Waals surface area contributed by atoms with Crippen molar-refractivity contribution in [2.45, 2.75) is 18.4 Å². The Kier molecular flexibility index (Phi) is 1.93. The number of ether oxygens (including phenoxy) is 1. The minimum Gasteiger partial charge on any atom is -0.374 e. The van der Waals surface area contributed by atoms with E-state index in [2.05, 4.69) is 0 Å². The van der Waals surface area contributed by atoms with Crippen molar-refractivity contribution in [2.75, 3.05) is 7.11 Å². The Morgan fingerprint density at radius 3 is 2.62 bits per heavy atom. The largest absolute Gasteiger partial charge is 0.374 e. The van der Waals surface area contributed by atoms with E-state index in [0.29, 0.717) is 0 Å². The lowest BCUT2D eigenvalue weighted by Gasteiger charge is -2.15. The first kappa shape index (κ1) is 8.45. The second kappa shape index (κ2) is 2.96. The first-order valence-corrected chi connectivity index (χ1v) is 4.42. The van der Waals surface area contributed by atoms with Gasteiger partial charge in [-0.05, 0) is 18.4 Å². The summed E-state index contributed by atoms with van der Waals surface area (Å²) in [7, 11) is 1.70. The number of aldehydes is 1. The zero-order valence-electron chi connectivity index (χ0n) is 7.62. The van der Waals surface area contributed by atoms with E-state index < -0.39 is 0 Å². The maximum absolute atomic E-state index is 10.8. The Bertz CT molecular complexity index is 327. The van der Waals surface area contributed by atoms with Gasteiger partial charge in [0.05, 0.1) is 5.60 Å². The standard InChI is InChI=1S/C11H12O2/c1-13-11(6-7-11)10-5-3-2-4-9(10)8-12/h2-5,8H,6-7H2,1H3. The van der Waals surface area contributed by atoms with Crippen molar-refractivity contribution in [3.05, 3.63) is 35.4 Å². The average molecular weight is 176 g/mol.